The molecule has 5 nitrogen and oxygen atoms in total. The van der Waals surface area contributed by atoms with Gasteiger partial charge >= 0.3 is 0 Å². The summed E-state index contributed by atoms with van der Waals surface area (Å²) in [4.78, 5) is 0. The average molecular weight is 177 g/mol. The molecule has 0 bridgehead atoms. The van der Waals surface area contributed by atoms with E-state index in [1.54, 1.807) is 21.8 Å². The minimum atomic E-state index is 0.644. The number of hydrogen-bond acceptors (Lipinski definition) is 3. The summed E-state index contributed by atoms with van der Waals surface area (Å²) in [7, 11) is 0. The van der Waals surface area contributed by atoms with Crippen molar-refractivity contribution >= 4 is 5.69 Å². The maximum absolute atomic E-state index is 5.76. The van der Waals surface area contributed by atoms with Crippen LogP contribution in [0.2, 0.25) is 0 Å². The second-order valence-electron chi connectivity index (χ2n) is 2.71. The SMILES string of the molecule is CCn1cc(N)c(-n2cccn2)n1. The Labute approximate surface area is 75.8 Å². The Balaban J connectivity index is 2.46. The molecule has 0 atom stereocenters. The zero-order chi connectivity index (χ0) is 9.26. The third-order valence-electron chi connectivity index (χ3n) is 1.81. The van der Waals surface area contributed by atoms with Gasteiger partial charge < -0.3 is 5.73 Å². The maximum atomic E-state index is 5.76. The molecule has 68 valence electrons. The number of aromatic nitrogens is 4. The van der Waals surface area contributed by atoms with Gasteiger partial charge in [-0.3, -0.25) is 4.68 Å². The van der Waals surface area contributed by atoms with Gasteiger partial charge in [-0.2, -0.15) is 10.2 Å². The summed E-state index contributed by atoms with van der Waals surface area (Å²) in [6.07, 6.45) is 5.32. The van der Waals surface area contributed by atoms with Crippen LogP contribution in [0.4, 0.5) is 5.69 Å². The normalized spacial score (nSPS) is 10.5. The molecule has 0 fully saturated rings. The van der Waals surface area contributed by atoms with E-state index in [4.69, 9.17) is 5.73 Å². The Morgan fingerprint density at radius 1 is 1.54 bits per heavy atom. The molecule has 0 amide bonds. The van der Waals surface area contributed by atoms with Crippen LogP contribution in [0, 0.1) is 0 Å². The van der Waals surface area contributed by atoms with Crippen molar-refractivity contribution in [3.05, 3.63) is 24.7 Å². The lowest BCUT2D eigenvalue weighted by atomic mass is 10.5. The van der Waals surface area contributed by atoms with Gasteiger partial charge in [0.15, 0.2) is 5.82 Å². The van der Waals surface area contributed by atoms with E-state index in [2.05, 4.69) is 10.2 Å². The molecule has 0 aromatic carbocycles. The molecule has 13 heavy (non-hydrogen) atoms. The molecule has 0 aliphatic heterocycles. The Bertz CT molecular complexity index is 387. The minimum absolute atomic E-state index is 0.644. The highest BCUT2D eigenvalue weighted by atomic mass is 15.4. The largest absolute Gasteiger partial charge is 0.394 e. The van der Waals surface area contributed by atoms with E-state index in [1.807, 2.05) is 19.2 Å². The first kappa shape index (κ1) is 7.85. The molecule has 0 unspecified atom stereocenters. The van der Waals surface area contributed by atoms with Crippen molar-refractivity contribution in [1.29, 1.82) is 0 Å². The summed E-state index contributed by atoms with van der Waals surface area (Å²) >= 11 is 0. The third kappa shape index (κ3) is 1.28. The summed E-state index contributed by atoms with van der Waals surface area (Å²) in [5.74, 6) is 0.687. The fourth-order valence-electron chi connectivity index (χ4n) is 1.16. The molecular weight excluding hydrogens is 166 g/mol. The van der Waals surface area contributed by atoms with Gasteiger partial charge in [0.2, 0.25) is 0 Å². The summed E-state index contributed by atoms with van der Waals surface area (Å²) in [6, 6.07) is 1.84. The molecule has 2 heterocycles. The maximum Gasteiger partial charge on any atom is 0.198 e. The van der Waals surface area contributed by atoms with Crippen molar-refractivity contribution in [3.8, 4) is 5.82 Å². The van der Waals surface area contributed by atoms with Gasteiger partial charge in [0.25, 0.3) is 0 Å². The quantitative estimate of drug-likeness (QED) is 0.733. The van der Waals surface area contributed by atoms with E-state index in [0.29, 0.717) is 11.5 Å². The van der Waals surface area contributed by atoms with Gasteiger partial charge in [-0.15, -0.1) is 0 Å². The number of rotatable bonds is 2. The van der Waals surface area contributed by atoms with Crippen LogP contribution >= 0.6 is 0 Å². The molecule has 0 aliphatic rings. The Hall–Kier alpha value is -1.78. The second kappa shape index (κ2) is 2.93. The summed E-state index contributed by atoms with van der Waals surface area (Å²) in [5.41, 5.74) is 6.41. The number of nitrogen functional groups attached to an aromatic ring is 1. The highest BCUT2D eigenvalue weighted by Gasteiger charge is 2.06. The van der Waals surface area contributed by atoms with Crippen LogP contribution in [-0.4, -0.2) is 19.6 Å². The first-order chi connectivity index (χ1) is 6.31. The molecule has 0 saturated carbocycles. The van der Waals surface area contributed by atoms with Crippen molar-refractivity contribution in [2.45, 2.75) is 13.5 Å². The lowest BCUT2D eigenvalue weighted by molar-refractivity contribution is 0.646. The van der Waals surface area contributed by atoms with Gasteiger partial charge in [0, 0.05) is 18.9 Å². The standard InChI is InChI=1S/C8H11N5/c1-2-12-6-7(9)8(11-12)13-5-3-4-10-13/h3-6H,2,9H2,1H3. The summed E-state index contributed by atoms with van der Waals surface area (Å²) < 4.78 is 3.44. The molecule has 0 aliphatic carbocycles. The van der Waals surface area contributed by atoms with Crippen LogP contribution in [0.5, 0.6) is 0 Å². The smallest absolute Gasteiger partial charge is 0.198 e. The van der Waals surface area contributed by atoms with Gasteiger partial charge in [-0.1, -0.05) is 0 Å². The highest BCUT2D eigenvalue weighted by molar-refractivity contribution is 5.50. The number of nitrogens with two attached hydrogens (primary N) is 1. The van der Waals surface area contributed by atoms with Gasteiger partial charge in [0.05, 0.1) is 11.9 Å². The van der Waals surface area contributed by atoms with Crippen molar-refractivity contribution in [1.82, 2.24) is 19.6 Å². The lowest BCUT2D eigenvalue weighted by Crippen LogP contribution is -2.00. The number of nitrogens with zero attached hydrogens (tertiary/aromatic N) is 4. The van der Waals surface area contributed by atoms with Gasteiger partial charge in [-0.05, 0) is 13.0 Å². The first-order valence-electron chi connectivity index (χ1n) is 4.14. The zero-order valence-electron chi connectivity index (χ0n) is 7.38. The third-order valence-corrected chi connectivity index (χ3v) is 1.81. The zero-order valence-corrected chi connectivity index (χ0v) is 7.38. The van der Waals surface area contributed by atoms with E-state index in [0.717, 1.165) is 6.54 Å². The van der Waals surface area contributed by atoms with E-state index < -0.39 is 0 Å². The van der Waals surface area contributed by atoms with Crippen LogP contribution in [0.3, 0.4) is 0 Å². The topological polar surface area (TPSA) is 61.7 Å². The van der Waals surface area contributed by atoms with Crippen LogP contribution in [0.15, 0.2) is 24.7 Å². The van der Waals surface area contributed by atoms with E-state index >= 15 is 0 Å². The molecule has 2 aromatic heterocycles. The fourth-order valence-corrected chi connectivity index (χ4v) is 1.16. The van der Waals surface area contributed by atoms with Crippen molar-refractivity contribution < 1.29 is 0 Å². The van der Waals surface area contributed by atoms with Crippen molar-refractivity contribution in [2.24, 2.45) is 0 Å². The molecular formula is C8H11N5. The Morgan fingerprint density at radius 3 is 2.92 bits per heavy atom. The molecule has 0 radical (unpaired) electrons. The highest BCUT2D eigenvalue weighted by Crippen LogP contribution is 2.12. The van der Waals surface area contributed by atoms with E-state index in [-0.39, 0.29) is 0 Å². The average Bonchev–Trinajstić information content (AvgIpc) is 2.72. The fraction of sp³-hybridized carbons (Fsp3) is 0.250. The first-order valence-corrected chi connectivity index (χ1v) is 4.14. The molecule has 0 spiro atoms. The van der Waals surface area contributed by atoms with Crippen molar-refractivity contribution in [3.63, 3.8) is 0 Å². The molecule has 0 saturated heterocycles. The van der Waals surface area contributed by atoms with Crippen molar-refractivity contribution in [2.75, 3.05) is 5.73 Å². The second-order valence-corrected chi connectivity index (χ2v) is 2.71. The number of aryl methyl sites for hydroxylation is 1. The summed E-state index contributed by atoms with van der Waals surface area (Å²) in [6.45, 7) is 2.82. The monoisotopic (exact) mass is 177 g/mol. The molecule has 5 heteroatoms. The number of hydrogen-bond donors (Lipinski definition) is 1. The molecule has 2 aromatic rings. The molecule has 2 N–H and O–H groups in total. The molecule has 2 rings (SSSR count). The van der Waals surface area contributed by atoms with Crippen LogP contribution in [-0.2, 0) is 6.54 Å². The predicted molar refractivity (Wildman–Crippen MR) is 49.4 cm³/mol. The Morgan fingerprint density at radius 2 is 2.38 bits per heavy atom. The van der Waals surface area contributed by atoms with E-state index in [1.165, 1.54) is 0 Å². The van der Waals surface area contributed by atoms with Gasteiger partial charge in [0.1, 0.15) is 0 Å². The lowest BCUT2D eigenvalue weighted by Gasteiger charge is -1.95. The minimum Gasteiger partial charge on any atom is -0.394 e. The summed E-state index contributed by atoms with van der Waals surface area (Å²) in [5, 5.41) is 8.32. The van der Waals surface area contributed by atoms with Gasteiger partial charge in [-0.25, -0.2) is 4.68 Å². The van der Waals surface area contributed by atoms with Crippen LogP contribution in [0.1, 0.15) is 6.92 Å². The van der Waals surface area contributed by atoms with Crippen LogP contribution in [0.25, 0.3) is 5.82 Å². The Kier molecular flexibility index (Phi) is 1.77. The van der Waals surface area contributed by atoms with E-state index in [9.17, 15) is 0 Å². The number of anilines is 1. The predicted octanol–water partition coefficient (Wildman–Crippen LogP) is 0.671. The van der Waals surface area contributed by atoms with Crippen LogP contribution < -0.4 is 5.73 Å².